The van der Waals surface area contributed by atoms with E-state index in [1.807, 2.05) is 60.8 Å². The molecule has 2 aromatic heterocycles. The highest BCUT2D eigenvalue weighted by molar-refractivity contribution is 7.12. The molecule has 0 aliphatic carbocycles. The van der Waals surface area contributed by atoms with E-state index in [-0.39, 0.29) is 5.78 Å². The lowest BCUT2D eigenvalue weighted by molar-refractivity contribution is 0.105. The zero-order valence-electron chi connectivity index (χ0n) is 12.7. The van der Waals surface area contributed by atoms with Gasteiger partial charge >= 0.3 is 0 Å². The number of carbonyl (C=O) groups excluding carboxylic acids is 1. The van der Waals surface area contributed by atoms with Gasteiger partial charge in [0.25, 0.3) is 0 Å². The summed E-state index contributed by atoms with van der Waals surface area (Å²) in [6.07, 6.45) is 1.74. The number of tetrazole rings is 1. The van der Waals surface area contributed by atoms with E-state index >= 15 is 0 Å². The summed E-state index contributed by atoms with van der Waals surface area (Å²) >= 11 is 1.40. The van der Waals surface area contributed by atoms with Crippen LogP contribution in [0.4, 0.5) is 0 Å². The minimum absolute atomic E-state index is 0.0966. The molecule has 0 radical (unpaired) electrons. The van der Waals surface area contributed by atoms with Crippen molar-refractivity contribution in [1.82, 2.24) is 25.1 Å². The normalized spacial score (nSPS) is 11.5. The molecule has 2 heterocycles. The van der Waals surface area contributed by atoms with Crippen molar-refractivity contribution >= 4 is 22.7 Å². The molecule has 0 spiro atoms. The third-order valence-electron chi connectivity index (χ3n) is 3.09. The Labute approximate surface area is 137 Å². The highest BCUT2D eigenvalue weighted by Crippen LogP contribution is 2.22. The molecule has 0 bridgehead atoms. The summed E-state index contributed by atoms with van der Waals surface area (Å²) in [5.41, 5.74) is 1.25. The third kappa shape index (κ3) is 3.19. The van der Waals surface area contributed by atoms with Crippen LogP contribution in [0.15, 0.2) is 54.0 Å². The monoisotopic (exact) mass is 325 g/mol. The van der Waals surface area contributed by atoms with Crippen molar-refractivity contribution in [2.45, 2.75) is 0 Å². The van der Waals surface area contributed by atoms with E-state index < -0.39 is 0 Å². The van der Waals surface area contributed by atoms with Gasteiger partial charge in [-0.1, -0.05) is 24.3 Å². The molecule has 0 atom stereocenters. The first-order valence-corrected chi connectivity index (χ1v) is 7.85. The molecule has 0 fully saturated rings. The van der Waals surface area contributed by atoms with Crippen LogP contribution in [0.2, 0.25) is 0 Å². The van der Waals surface area contributed by atoms with Crippen LogP contribution in [-0.4, -0.2) is 45.0 Å². The fraction of sp³-hybridized carbons (Fsp3) is 0.125. The van der Waals surface area contributed by atoms with E-state index in [0.717, 1.165) is 5.69 Å². The number of aromatic nitrogens is 4. The quantitative estimate of drug-likeness (QED) is 0.533. The zero-order valence-corrected chi connectivity index (χ0v) is 13.6. The van der Waals surface area contributed by atoms with Crippen molar-refractivity contribution in [2.24, 2.45) is 0 Å². The van der Waals surface area contributed by atoms with E-state index in [0.29, 0.717) is 16.3 Å². The first-order valence-electron chi connectivity index (χ1n) is 6.97. The van der Waals surface area contributed by atoms with Gasteiger partial charge in [-0.2, -0.15) is 4.68 Å². The summed E-state index contributed by atoms with van der Waals surface area (Å²) < 4.78 is 1.57. The van der Waals surface area contributed by atoms with Crippen LogP contribution in [0, 0.1) is 0 Å². The fourth-order valence-electron chi connectivity index (χ4n) is 2.11. The number of carbonyl (C=O) groups is 1. The SMILES string of the molecule is CN(C)C=C(C(=O)c1cccs1)c1nnnn1-c1ccccc1. The van der Waals surface area contributed by atoms with E-state index in [1.54, 1.807) is 16.9 Å². The molecule has 116 valence electrons. The molecule has 0 aliphatic rings. The van der Waals surface area contributed by atoms with Crippen molar-refractivity contribution in [1.29, 1.82) is 0 Å². The summed E-state index contributed by atoms with van der Waals surface area (Å²) in [5.74, 6) is 0.323. The van der Waals surface area contributed by atoms with Crippen LogP contribution in [0.1, 0.15) is 15.5 Å². The van der Waals surface area contributed by atoms with Crippen molar-refractivity contribution in [3.05, 3.63) is 64.7 Å². The molecule has 7 heteroatoms. The molecule has 0 amide bonds. The molecular formula is C16H15N5OS. The largest absolute Gasteiger partial charge is 0.383 e. The maximum Gasteiger partial charge on any atom is 0.208 e. The Bertz CT molecular complexity index is 821. The second kappa shape index (κ2) is 6.53. The predicted octanol–water partition coefficient (Wildman–Crippen LogP) is 2.51. The molecule has 1 aromatic carbocycles. The van der Waals surface area contributed by atoms with Crippen LogP contribution in [0.3, 0.4) is 0 Å². The van der Waals surface area contributed by atoms with Crippen LogP contribution >= 0.6 is 11.3 Å². The standard InChI is InChI=1S/C16H15N5OS/c1-20(2)11-13(15(22)14-9-6-10-23-14)16-17-18-19-21(16)12-7-4-3-5-8-12/h3-11H,1-2H3. The number of para-hydroxylation sites is 1. The first-order chi connectivity index (χ1) is 11.2. The zero-order chi connectivity index (χ0) is 16.2. The van der Waals surface area contributed by atoms with Gasteiger partial charge in [-0.15, -0.1) is 16.4 Å². The minimum atomic E-state index is -0.0966. The Morgan fingerprint density at radius 2 is 1.96 bits per heavy atom. The molecule has 3 aromatic rings. The van der Waals surface area contributed by atoms with Gasteiger partial charge in [0.1, 0.15) is 0 Å². The number of nitrogens with zero attached hydrogens (tertiary/aromatic N) is 5. The van der Waals surface area contributed by atoms with Crippen molar-refractivity contribution in [2.75, 3.05) is 14.1 Å². The van der Waals surface area contributed by atoms with Crippen LogP contribution in [0.5, 0.6) is 0 Å². The van der Waals surface area contributed by atoms with E-state index in [1.165, 1.54) is 11.3 Å². The maximum atomic E-state index is 12.8. The second-order valence-corrected chi connectivity index (χ2v) is 6.01. The molecular weight excluding hydrogens is 310 g/mol. The Hall–Kier alpha value is -2.80. The Morgan fingerprint density at radius 1 is 1.17 bits per heavy atom. The van der Waals surface area contributed by atoms with Gasteiger partial charge < -0.3 is 4.90 Å². The van der Waals surface area contributed by atoms with Crippen molar-refractivity contribution in [3.63, 3.8) is 0 Å². The number of ketones is 1. The molecule has 0 aliphatic heterocycles. The fourth-order valence-corrected chi connectivity index (χ4v) is 2.79. The molecule has 0 N–H and O–H groups in total. The second-order valence-electron chi connectivity index (χ2n) is 5.06. The molecule has 23 heavy (non-hydrogen) atoms. The highest BCUT2D eigenvalue weighted by Gasteiger charge is 2.22. The molecule has 6 nitrogen and oxygen atoms in total. The van der Waals surface area contributed by atoms with E-state index in [2.05, 4.69) is 15.5 Å². The summed E-state index contributed by atoms with van der Waals surface area (Å²) in [7, 11) is 3.72. The number of Topliss-reactive ketones (excluding diaryl/α,β-unsaturated/α-hetero) is 1. The van der Waals surface area contributed by atoms with E-state index in [4.69, 9.17) is 0 Å². The lowest BCUT2D eigenvalue weighted by atomic mass is 10.1. The number of hydrogen-bond donors (Lipinski definition) is 0. The first kappa shape index (κ1) is 15.1. The lowest BCUT2D eigenvalue weighted by Crippen LogP contribution is -2.13. The number of hydrogen-bond acceptors (Lipinski definition) is 6. The van der Waals surface area contributed by atoms with Crippen LogP contribution in [0.25, 0.3) is 11.3 Å². The summed E-state index contributed by atoms with van der Waals surface area (Å²) in [5, 5.41) is 13.7. The summed E-state index contributed by atoms with van der Waals surface area (Å²) in [6.45, 7) is 0. The number of thiophene rings is 1. The molecule has 0 saturated heterocycles. The number of allylic oxidation sites excluding steroid dienone is 1. The molecule has 0 saturated carbocycles. The van der Waals surface area contributed by atoms with Gasteiger partial charge in [0, 0.05) is 20.3 Å². The maximum absolute atomic E-state index is 12.8. The number of rotatable bonds is 5. The van der Waals surface area contributed by atoms with Crippen LogP contribution < -0.4 is 0 Å². The van der Waals surface area contributed by atoms with Gasteiger partial charge in [0.05, 0.1) is 16.1 Å². The molecule has 3 rings (SSSR count). The smallest absolute Gasteiger partial charge is 0.208 e. The van der Waals surface area contributed by atoms with Crippen LogP contribution in [-0.2, 0) is 0 Å². The Morgan fingerprint density at radius 3 is 2.61 bits per heavy atom. The minimum Gasteiger partial charge on any atom is -0.383 e. The van der Waals surface area contributed by atoms with Crippen molar-refractivity contribution < 1.29 is 4.79 Å². The topological polar surface area (TPSA) is 63.9 Å². The Kier molecular flexibility index (Phi) is 4.29. The third-order valence-corrected chi connectivity index (χ3v) is 3.96. The van der Waals surface area contributed by atoms with Gasteiger partial charge in [0.2, 0.25) is 5.78 Å². The average Bonchev–Trinajstić information content (AvgIpc) is 3.24. The van der Waals surface area contributed by atoms with Gasteiger partial charge in [0.15, 0.2) is 5.82 Å². The Balaban J connectivity index is 2.10. The van der Waals surface area contributed by atoms with Gasteiger partial charge in [-0.25, -0.2) is 0 Å². The summed E-state index contributed by atoms with van der Waals surface area (Å²) in [4.78, 5) is 15.3. The van der Waals surface area contributed by atoms with E-state index in [9.17, 15) is 4.79 Å². The van der Waals surface area contributed by atoms with Crippen molar-refractivity contribution in [3.8, 4) is 5.69 Å². The average molecular weight is 325 g/mol. The van der Waals surface area contributed by atoms with Gasteiger partial charge in [-0.3, -0.25) is 4.79 Å². The summed E-state index contributed by atoms with van der Waals surface area (Å²) in [6, 6.07) is 13.2. The predicted molar refractivity (Wildman–Crippen MR) is 89.5 cm³/mol. The molecule has 0 unspecified atom stereocenters. The van der Waals surface area contributed by atoms with Gasteiger partial charge in [-0.05, 0) is 34.0 Å². The lowest BCUT2D eigenvalue weighted by Gasteiger charge is -2.11. The highest BCUT2D eigenvalue weighted by atomic mass is 32.1. The number of benzene rings is 1.